The molecule has 0 fully saturated rings. The van der Waals surface area contributed by atoms with E-state index < -0.39 is 11.9 Å². The molecule has 3 rings (SSSR count). The zero-order valence-electron chi connectivity index (χ0n) is 19.9. The minimum Gasteiger partial charge on any atom is -0.493 e. The van der Waals surface area contributed by atoms with E-state index in [-0.39, 0.29) is 22.6 Å². The van der Waals surface area contributed by atoms with Gasteiger partial charge in [0.25, 0.3) is 5.91 Å². The van der Waals surface area contributed by atoms with Gasteiger partial charge in [-0.3, -0.25) is 10.1 Å². The van der Waals surface area contributed by atoms with Crippen LogP contribution >= 0.6 is 23.3 Å². The quantitative estimate of drug-likeness (QED) is 0.133. The molecule has 0 bridgehead atoms. The smallest absolute Gasteiger partial charge is 0.343 e. The number of thioether (sulfide) groups is 1. The number of aromatic nitrogens is 2. The molecule has 0 aliphatic heterocycles. The lowest BCUT2D eigenvalue weighted by atomic mass is 10.1. The van der Waals surface area contributed by atoms with Crippen LogP contribution in [0.1, 0.15) is 22.8 Å². The number of rotatable bonds is 10. The maximum atomic E-state index is 12.7. The number of nitrogens with one attached hydrogen (secondary N) is 1. The molecule has 2 aromatic carbocycles. The second-order valence-corrected chi connectivity index (χ2v) is 8.79. The summed E-state index contributed by atoms with van der Waals surface area (Å²) in [5.41, 5.74) is 0.593. The predicted octanol–water partition coefficient (Wildman–Crippen LogP) is 4.44. The molecule has 0 unspecified atom stereocenters. The van der Waals surface area contributed by atoms with Gasteiger partial charge in [-0.2, -0.15) is 14.6 Å². The summed E-state index contributed by atoms with van der Waals surface area (Å²) in [6.45, 7) is 1.97. The Morgan fingerprint density at radius 2 is 1.75 bits per heavy atom. The van der Waals surface area contributed by atoms with Gasteiger partial charge in [-0.1, -0.05) is 24.8 Å². The number of methoxy groups -OCH3 is 3. The summed E-state index contributed by atoms with van der Waals surface area (Å²) in [6, 6.07) is 11.2. The van der Waals surface area contributed by atoms with Gasteiger partial charge in [0.05, 0.1) is 26.9 Å². The van der Waals surface area contributed by atoms with E-state index in [2.05, 4.69) is 14.7 Å². The topological polar surface area (TPSA) is 133 Å². The van der Waals surface area contributed by atoms with Crippen LogP contribution in [0.15, 0.2) is 47.1 Å². The number of hydrogen-bond acceptors (Lipinski definition) is 11. The van der Waals surface area contributed by atoms with Crippen molar-refractivity contribution in [1.82, 2.24) is 9.36 Å². The summed E-state index contributed by atoms with van der Waals surface area (Å²) < 4.78 is 25.4. The molecule has 0 saturated carbocycles. The van der Waals surface area contributed by atoms with Crippen LogP contribution in [-0.4, -0.2) is 48.3 Å². The number of carbonyl (C=O) groups is 2. The van der Waals surface area contributed by atoms with Crippen molar-refractivity contribution in [3.8, 4) is 29.1 Å². The second kappa shape index (κ2) is 12.6. The van der Waals surface area contributed by atoms with E-state index in [1.54, 1.807) is 24.3 Å². The average molecular weight is 527 g/mol. The maximum absolute atomic E-state index is 12.7. The van der Waals surface area contributed by atoms with Gasteiger partial charge >= 0.3 is 5.97 Å². The number of ether oxygens (including phenoxy) is 4. The molecule has 10 nitrogen and oxygen atoms in total. The summed E-state index contributed by atoms with van der Waals surface area (Å²) in [5, 5.41) is 12.9. The minimum atomic E-state index is -0.632. The van der Waals surface area contributed by atoms with Crippen molar-refractivity contribution in [2.45, 2.75) is 12.1 Å². The van der Waals surface area contributed by atoms with Gasteiger partial charge < -0.3 is 18.9 Å². The Kier molecular flexibility index (Phi) is 9.26. The van der Waals surface area contributed by atoms with E-state index in [0.29, 0.717) is 27.4 Å². The Balaban J connectivity index is 1.77. The molecule has 0 aliphatic rings. The van der Waals surface area contributed by atoms with Crippen LogP contribution in [-0.2, 0) is 4.79 Å². The third-order valence-corrected chi connectivity index (χ3v) is 6.06. The molecule has 1 heterocycles. The van der Waals surface area contributed by atoms with Crippen molar-refractivity contribution < 1.29 is 28.5 Å². The summed E-state index contributed by atoms with van der Waals surface area (Å²) >= 11 is 2.48. The van der Waals surface area contributed by atoms with Crippen LogP contribution in [0, 0.1) is 11.3 Å². The van der Waals surface area contributed by atoms with E-state index >= 15 is 0 Å². The molecule has 12 heteroatoms. The molecule has 3 aromatic rings. The lowest BCUT2D eigenvalue weighted by molar-refractivity contribution is -0.112. The van der Waals surface area contributed by atoms with Crippen LogP contribution in [0.3, 0.4) is 0 Å². The molecule has 0 atom stereocenters. The Bertz CT molecular complexity index is 1330. The first-order valence-corrected chi connectivity index (χ1v) is 12.2. The molecule has 1 amide bonds. The highest BCUT2D eigenvalue weighted by Crippen LogP contribution is 2.32. The third-order valence-electron chi connectivity index (χ3n) is 4.59. The summed E-state index contributed by atoms with van der Waals surface area (Å²) in [6.07, 6.45) is 1.39. The molecule has 0 saturated heterocycles. The molecular formula is C24H22N4O6S2. The van der Waals surface area contributed by atoms with Gasteiger partial charge in [0.1, 0.15) is 11.6 Å². The van der Waals surface area contributed by atoms with Crippen molar-refractivity contribution in [1.29, 1.82) is 5.26 Å². The Hall–Kier alpha value is -4.08. The van der Waals surface area contributed by atoms with E-state index in [4.69, 9.17) is 18.9 Å². The fraction of sp³-hybridized carbons (Fsp3) is 0.208. The standard InChI is InChI=1S/C24H22N4O6S2/c1-5-35-24-27-23(36-28-24)26-21(29)16(13-25)10-14-6-8-18(19(11-14)32-3)34-22(30)15-7-9-17(31-2)20(12-15)33-4/h6-12H,5H2,1-4H3,(H,26,27,28,29)/b16-10-. The van der Waals surface area contributed by atoms with Gasteiger partial charge in [0.15, 0.2) is 23.0 Å². The summed E-state index contributed by atoms with van der Waals surface area (Å²) in [4.78, 5) is 29.4. The van der Waals surface area contributed by atoms with Gasteiger partial charge in [0, 0.05) is 11.5 Å². The van der Waals surface area contributed by atoms with Crippen molar-refractivity contribution in [3.05, 3.63) is 53.1 Å². The number of carbonyl (C=O) groups excluding carboxylic acids is 2. The lowest BCUT2D eigenvalue weighted by Crippen LogP contribution is -2.13. The second-order valence-electron chi connectivity index (χ2n) is 6.81. The van der Waals surface area contributed by atoms with E-state index in [1.807, 2.05) is 13.0 Å². The van der Waals surface area contributed by atoms with E-state index in [9.17, 15) is 14.9 Å². The molecule has 1 N–H and O–H groups in total. The molecule has 1 aromatic heterocycles. The predicted molar refractivity (Wildman–Crippen MR) is 136 cm³/mol. The largest absolute Gasteiger partial charge is 0.493 e. The number of esters is 1. The number of nitrogens with zero attached hydrogens (tertiary/aromatic N) is 3. The third kappa shape index (κ3) is 6.53. The van der Waals surface area contributed by atoms with Crippen LogP contribution < -0.4 is 24.3 Å². The van der Waals surface area contributed by atoms with Crippen molar-refractivity contribution in [3.63, 3.8) is 0 Å². The summed E-state index contributed by atoms with van der Waals surface area (Å²) in [7, 11) is 4.38. The highest BCUT2D eigenvalue weighted by molar-refractivity contribution is 7.99. The number of anilines is 1. The van der Waals surface area contributed by atoms with Crippen LogP contribution in [0.5, 0.6) is 23.0 Å². The number of hydrogen-bond donors (Lipinski definition) is 1. The Labute approximate surface area is 216 Å². The van der Waals surface area contributed by atoms with Crippen LogP contribution in [0.25, 0.3) is 6.08 Å². The first-order valence-electron chi connectivity index (χ1n) is 10.4. The van der Waals surface area contributed by atoms with Gasteiger partial charge in [-0.05, 0) is 47.7 Å². The molecule has 186 valence electrons. The van der Waals surface area contributed by atoms with E-state index in [0.717, 1.165) is 17.3 Å². The molecule has 0 aliphatic carbocycles. The highest BCUT2D eigenvalue weighted by atomic mass is 32.2. The van der Waals surface area contributed by atoms with Gasteiger partial charge in [-0.15, -0.1) is 0 Å². The minimum absolute atomic E-state index is 0.146. The van der Waals surface area contributed by atoms with Gasteiger partial charge in [-0.25, -0.2) is 4.79 Å². The van der Waals surface area contributed by atoms with Gasteiger partial charge in [0.2, 0.25) is 10.3 Å². The SMILES string of the molecule is CCSc1nsc(NC(=O)/C(C#N)=C\c2ccc(OC(=O)c3ccc(OC)c(OC)c3)c(OC)c2)n1. The van der Waals surface area contributed by atoms with Crippen molar-refractivity contribution in [2.24, 2.45) is 0 Å². The van der Waals surface area contributed by atoms with Crippen LogP contribution in [0.4, 0.5) is 5.13 Å². The fourth-order valence-electron chi connectivity index (χ4n) is 2.91. The average Bonchev–Trinajstić information content (AvgIpc) is 3.34. The van der Waals surface area contributed by atoms with Crippen molar-refractivity contribution >= 4 is 46.4 Å². The fourth-order valence-corrected chi connectivity index (χ4v) is 4.17. The first-order chi connectivity index (χ1) is 17.4. The van der Waals surface area contributed by atoms with Crippen molar-refractivity contribution in [2.75, 3.05) is 32.4 Å². The molecule has 0 radical (unpaired) electrons. The Morgan fingerprint density at radius 1 is 1.06 bits per heavy atom. The normalized spacial score (nSPS) is 10.8. The maximum Gasteiger partial charge on any atom is 0.343 e. The molecule has 36 heavy (non-hydrogen) atoms. The Morgan fingerprint density at radius 3 is 2.42 bits per heavy atom. The summed E-state index contributed by atoms with van der Waals surface area (Å²) in [5.74, 6) is 0.807. The lowest BCUT2D eigenvalue weighted by Gasteiger charge is -2.12. The zero-order chi connectivity index (χ0) is 26.1. The molecular weight excluding hydrogens is 504 g/mol. The number of nitriles is 1. The van der Waals surface area contributed by atoms with Crippen LogP contribution in [0.2, 0.25) is 0 Å². The first kappa shape index (κ1) is 26.5. The monoisotopic (exact) mass is 526 g/mol. The molecule has 0 spiro atoms. The zero-order valence-corrected chi connectivity index (χ0v) is 21.5. The van der Waals surface area contributed by atoms with E-state index in [1.165, 1.54) is 51.3 Å². The number of amides is 1. The highest BCUT2D eigenvalue weighted by Gasteiger charge is 2.17. The number of benzene rings is 2.